The molecule has 4 heteroatoms. The van der Waals surface area contributed by atoms with E-state index in [1.807, 2.05) is 0 Å². The average molecular weight is 149 g/mol. The summed E-state index contributed by atoms with van der Waals surface area (Å²) in [5, 5.41) is 13.1. The molecule has 0 bridgehead atoms. The Kier molecular flexibility index (Phi) is 1.09. The van der Waals surface area contributed by atoms with Crippen LogP contribution >= 0.6 is 0 Å². The molecule has 4 nitrogen and oxygen atoms in total. The Morgan fingerprint density at radius 2 is 2.36 bits per heavy atom. The van der Waals surface area contributed by atoms with Gasteiger partial charge in [-0.25, -0.2) is 9.50 Å². The number of aromatic hydroxyl groups is 1. The highest BCUT2D eigenvalue weighted by Gasteiger charge is 1.97. The van der Waals surface area contributed by atoms with E-state index in [2.05, 4.69) is 10.1 Å². The fourth-order valence-corrected chi connectivity index (χ4v) is 0.979. The first-order valence-electron chi connectivity index (χ1n) is 3.27. The van der Waals surface area contributed by atoms with Gasteiger partial charge in [0, 0.05) is 6.07 Å². The Balaban J connectivity index is 2.82. The monoisotopic (exact) mass is 149 g/mol. The smallest absolute Gasteiger partial charge is 0.146 e. The van der Waals surface area contributed by atoms with Gasteiger partial charge in [0.05, 0.1) is 17.9 Å². The number of aromatic nitrogens is 3. The molecular formula is C7H7N3O. The van der Waals surface area contributed by atoms with Crippen molar-refractivity contribution in [3.8, 4) is 5.75 Å². The van der Waals surface area contributed by atoms with E-state index in [0.29, 0.717) is 5.82 Å². The van der Waals surface area contributed by atoms with E-state index in [0.717, 1.165) is 5.52 Å². The van der Waals surface area contributed by atoms with Crippen LogP contribution in [0.1, 0.15) is 5.82 Å². The fourth-order valence-electron chi connectivity index (χ4n) is 0.979. The lowest BCUT2D eigenvalue weighted by Gasteiger charge is -1.91. The number of aryl methyl sites for hydroxylation is 1. The van der Waals surface area contributed by atoms with Crippen molar-refractivity contribution in [2.45, 2.75) is 6.92 Å². The van der Waals surface area contributed by atoms with E-state index in [1.54, 1.807) is 29.9 Å². The minimum atomic E-state index is 0.213. The summed E-state index contributed by atoms with van der Waals surface area (Å²) in [5.41, 5.74) is 0.799. The summed E-state index contributed by atoms with van der Waals surface area (Å²) in [6, 6.07) is 1.61. The third-order valence-corrected chi connectivity index (χ3v) is 1.45. The van der Waals surface area contributed by atoms with Crippen molar-refractivity contribution in [2.24, 2.45) is 0 Å². The van der Waals surface area contributed by atoms with Crippen LogP contribution in [0.5, 0.6) is 5.75 Å². The lowest BCUT2D eigenvalue weighted by atomic mass is 10.5. The van der Waals surface area contributed by atoms with Crippen LogP contribution in [0.3, 0.4) is 0 Å². The molecule has 0 saturated heterocycles. The third-order valence-electron chi connectivity index (χ3n) is 1.45. The molecular weight excluding hydrogens is 142 g/mol. The molecule has 1 N–H and O–H groups in total. The van der Waals surface area contributed by atoms with Crippen LogP contribution in [0.4, 0.5) is 0 Å². The second kappa shape index (κ2) is 1.95. The van der Waals surface area contributed by atoms with Gasteiger partial charge in [0.15, 0.2) is 0 Å². The van der Waals surface area contributed by atoms with Gasteiger partial charge >= 0.3 is 0 Å². The topological polar surface area (TPSA) is 50.4 Å². The van der Waals surface area contributed by atoms with Crippen molar-refractivity contribution in [1.29, 1.82) is 0 Å². The van der Waals surface area contributed by atoms with Crippen LogP contribution in [-0.4, -0.2) is 19.7 Å². The third kappa shape index (κ3) is 0.920. The zero-order chi connectivity index (χ0) is 7.84. The average Bonchev–Trinajstić information content (AvgIpc) is 2.27. The van der Waals surface area contributed by atoms with Gasteiger partial charge in [-0.1, -0.05) is 0 Å². The normalized spacial score (nSPS) is 10.6. The van der Waals surface area contributed by atoms with Crippen molar-refractivity contribution in [3.63, 3.8) is 0 Å². The van der Waals surface area contributed by atoms with Gasteiger partial charge in [0.2, 0.25) is 0 Å². The predicted octanol–water partition coefficient (Wildman–Crippen LogP) is 0.743. The predicted molar refractivity (Wildman–Crippen MR) is 39.4 cm³/mol. The molecule has 0 unspecified atom stereocenters. The molecule has 0 spiro atoms. The maximum Gasteiger partial charge on any atom is 0.146 e. The lowest BCUT2D eigenvalue weighted by Crippen LogP contribution is -1.94. The maximum atomic E-state index is 9.06. The van der Waals surface area contributed by atoms with Gasteiger partial charge in [-0.3, -0.25) is 0 Å². The SMILES string of the molecule is Cc1ncc2cc(O)cn2n1. The molecule has 0 aliphatic rings. The van der Waals surface area contributed by atoms with E-state index in [9.17, 15) is 0 Å². The number of nitrogens with zero attached hydrogens (tertiary/aromatic N) is 3. The van der Waals surface area contributed by atoms with Crippen LogP contribution in [0, 0.1) is 6.92 Å². The highest BCUT2D eigenvalue weighted by atomic mass is 16.3. The molecule has 56 valence electrons. The first-order chi connectivity index (χ1) is 5.25. The Bertz CT molecular complexity index is 393. The van der Waals surface area contributed by atoms with Gasteiger partial charge < -0.3 is 5.11 Å². The molecule has 0 atom stereocenters. The molecule has 0 aliphatic heterocycles. The minimum Gasteiger partial charge on any atom is -0.506 e. The summed E-state index contributed by atoms with van der Waals surface area (Å²) in [5.74, 6) is 0.901. The van der Waals surface area contributed by atoms with Crippen molar-refractivity contribution in [3.05, 3.63) is 24.3 Å². The van der Waals surface area contributed by atoms with E-state index < -0.39 is 0 Å². The summed E-state index contributed by atoms with van der Waals surface area (Å²) in [6.45, 7) is 1.80. The summed E-state index contributed by atoms with van der Waals surface area (Å²) in [6.07, 6.45) is 3.21. The van der Waals surface area contributed by atoms with Crippen LogP contribution in [0.25, 0.3) is 5.52 Å². The summed E-state index contributed by atoms with van der Waals surface area (Å²) < 4.78 is 1.59. The molecule has 2 heterocycles. The second-order valence-corrected chi connectivity index (χ2v) is 2.37. The summed E-state index contributed by atoms with van der Waals surface area (Å²) in [7, 11) is 0. The van der Waals surface area contributed by atoms with Crippen LogP contribution in [0.2, 0.25) is 0 Å². The zero-order valence-corrected chi connectivity index (χ0v) is 6.02. The van der Waals surface area contributed by atoms with Gasteiger partial charge in [-0.05, 0) is 6.92 Å². The standard InChI is InChI=1S/C7H7N3O/c1-5-8-3-6-2-7(11)4-10(6)9-5/h2-4,11H,1H3. The summed E-state index contributed by atoms with van der Waals surface area (Å²) in [4.78, 5) is 3.98. The quantitative estimate of drug-likeness (QED) is 0.601. The fraction of sp³-hybridized carbons (Fsp3) is 0.143. The molecule has 2 aromatic rings. The van der Waals surface area contributed by atoms with Gasteiger partial charge in [0.1, 0.15) is 11.6 Å². The highest BCUT2D eigenvalue weighted by molar-refractivity contribution is 5.49. The number of hydrogen-bond donors (Lipinski definition) is 1. The van der Waals surface area contributed by atoms with Crippen molar-refractivity contribution >= 4 is 5.52 Å². The zero-order valence-electron chi connectivity index (χ0n) is 6.02. The molecule has 0 radical (unpaired) electrons. The molecule has 0 amide bonds. The Morgan fingerprint density at radius 3 is 3.18 bits per heavy atom. The molecule has 2 aromatic heterocycles. The largest absolute Gasteiger partial charge is 0.506 e. The van der Waals surface area contributed by atoms with Crippen molar-refractivity contribution in [1.82, 2.24) is 14.6 Å². The summed E-state index contributed by atoms with van der Waals surface area (Å²) >= 11 is 0. The van der Waals surface area contributed by atoms with Crippen LogP contribution in [-0.2, 0) is 0 Å². The van der Waals surface area contributed by atoms with Gasteiger partial charge in [-0.15, -0.1) is 0 Å². The van der Waals surface area contributed by atoms with Gasteiger partial charge in [0.25, 0.3) is 0 Å². The number of hydrogen-bond acceptors (Lipinski definition) is 3. The molecule has 2 rings (SSSR count). The van der Waals surface area contributed by atoms with E-state index in [1.165, 1.54) is 0 Å². The Hall–Kier alpha value is -1.58. The lowest BCUT2D eigenvalue weighted by molar-refractivity contribution is 0.475. The molecule has 11 heavy (non-hydrogen) atoms. The first kappa shape index (κ1) is 6.15. The Labute approximate surface area is 63.1 Å². The highest BCUT2D eigenvalue weighted by Crippen LogP contribution is 2.12. The van der Waals surface area contributed by atoms with E-state index in [4.69, 9.17) is 5.11 Å². The molecule has 0 saturated carbocycles. The van der Waals surface area contributed by atoms with Crippen LogP contribution < -0.4 is 0 Å². The van der Waals surface area contributed by atoms with E-state index in [-0.39, 0.29) is 5.75 Å². The Morgan fingerprint density at radius 1 is 1.55 bits per heavy atom. The molecule has 0 aliphatic carbocycles. The molecule has 0 fully saturated rings. The molecule has 0 aromatic carbocycles. The number of rotatable bonds is 0. The van der Waals surface area contributed by atoms with Crippen LogP contribution in [0.15, 0.2) is 18.5 Å². The first-order valence-corrected chi connectivity index (χ1v) is 3.27. The van der Waals surface area contributed by atoms with Crippen molar-refractivity contribution < 1.29 is 5.11 Å². The van der Waals surface area contributed by atoms with Gasteiger partial charge in [-0.2, -0.15) is 5.10 Å². The maximum absolute atomic E-state index is 9.06. The minimum absolute atomic E-state index is 0.213. The number of fused-ring (bicyclic) bond motifs is 1. The van der Waals surface area contributed by atoms with E-state index >= 15 is 0 Å². The second-order valence-electron chi connectivity index (χ2n) is 2.37. The van der Waals surface area contributed by atoms with Crippen molar-refractivity contribution in [2.75, 3.05) is 0 Å².